The Morgan fingerprint density at radius 1 is 1.69 bits per heavy atom. The smallest absolute Gasteiger partial charge is 0.247 e. The Hall–Kier alpha value is -0.220. The highest BCUT2D eigenvalue weighted by molar-refractivity contribution is 7.99. The molecule has 4 heteroatoms. The first-order chi connectivity index (χ1) is 6.20. The standard InChI is InChI=1S/C9H17NO2S/c1-7(2)5-12-10-9(11)8-3-4-13-6-8/h7-8H,3-6H2,1-2H3,(H,10,11). The third kappa shape index (κ3) is 4.00. The molecule has 3 nitrogen and oxygen atoms in total. The van der Waals surface area contributed by atoms with Crippen LogP contribution in [0.15, 0.2) is 0 Å². The van der Waals surface area contributed by atoms with Gasteiger partial charge in [0.15, 0.2) is 0 Å². The predicted molar refractivity (Wildman–Crippen MR) is 54.4 cm³/mol. The van der Waals surface area contributed by atoms with Crippen molar-refractivity contribution in [2.24, 2.45) is 11.8 Å². The molecule has 1 fully saturated rings. The van der Waals surface area contributed by atoms with Crippen LogP contribution in [0, 0.1) is 11.8 Å². The fraction of sp³-hybridized carbons (Fsp3) is 0.889. The fourth-order valence-electron chi connectivity index (χ4n) is 1.10. The summed E-state index contributed by atoms with van der Waals surface area (Å²) in [6, 6.07) is 0. The number of hydroxylamine groups is 1. The molecule has 0 spiro atoms. The van der Waals surface area contributed by atoms with Crippen LogP contribution in [0.3, 0.4) is 0 Å². The number of amides is 1. The lowest BCUT2D eigenvalue weighted by Gasteiger charge is -2.10. The van der Waals surface area contributed by atoms with Crippen molar-refractivity contribution in [3.05, 3.63) is 0 Å². The first-order valence-corrected chi connectivity index (χ1v) is 5.85. The Morgan fingerprint density at radius 3 is 3.00 bits per heavy atom. The maximum Gasteiger partial charge on any atom is 0.247 e. The molecule has 1 rings (SSSR count). The van der Waals surface area contributed by atoms with Gasteiger partial charge in [0.05, 0.1) is 6.61 Å². The van der Waals surface area contributed by atoms with Gasteiger partial charge in [0.1, 0.15) is 0 Å². The summed E-state index contributed by atoms with van der Waals surface area (Å²) in [5.41, 5.74) is 2.50. The summed E-state index contributed by atoms with van der Waals surface area (Å²) < 4.78 is 0. The van der Waals surface area contributed by atoms with Crippen LogP contribution in [0.1, 0.15) is 20.3 Å². The Balaban J connectivity index is 2.10. The van der Waals surface area contributed by atoms with Crippen molar-refractivity contribution in [3.63, 3.8) is 0 Å². The molecule has 13 heavy (non-hydrogen) atoms. The molecule has 0 aromatic heterocycles. The van der Waals surface area contributed by atoms with Crippen LogP contribution in [-0.4, -0.2) is 24.0 Å². The van der Waals surface area contributed by atoms with Crippen molar-refractivity contribution in [3.8, 4) is 0 Å². The molecule has 0 aromatic rings. The van der Waals surface area contributed by atoms with E-state index in [1.54, 1.807) is 0 Å². The number of nitrogens with one attached hydrogen (secondary N) is 1. The number of carbonyl (C=O) groups is 1. The number of rotatable bonds is 4. The van der Waals surface area contributed by atoms with Gasteiger partial charge in [-0.25, -0.2) is 5.48 Å². The van der Waals surface area contributed by atoms with E-state index in [0.29, 0.717) is 12.5 Å². The van der Waals surface area contributed by atoms with Crippen molar-refractivity contribution in [2.75, 3.05) is 18.1 Å². The molecule has 1 N–H and O–H groups in total. The van der Waals surface area contributed by atoms with Gasteiger partial charge in [0.25, 0.3) is 0 Å². The topological polar surface area (TPSA) is 38.3 Å². The summed E-state index contributed by atoms with van der Waals surface area (Å²) in [7, 11) is 0. The summed E-state index contributed by atoms with van der Waals surface area (Å²) in [5.74, 6) is 2.71. The molecule has 0 saturated carbocycles. The second kappa shape index (κ2) is 5.50. The second-order valence-corrected chi connectivity index (χ2v) is 4.88. The van der Waals surface area contributed by atoms with Crippen molar-refractivity contribution in [1.29, 1.82) is 0 Å². The van der Waals surface area contributed by atoms with Crippen molar-refractivity contribution in [1.82, 2.24) is 5.48 Å². The zero-order valence-corrected chi connectivity index (χ0v) is 9.02. The average molecular weight is 203 g/mol. The molecule has 1 unspecified atom stereocenters. The first-order valence-electron chi connectivity index (χ1n) is 4.69. The Labute approximate surface area is 83.6 Å². The van der Waals surface area contributed by atoms with Crippen LogP contribution in [0.25, 0.3) is 0 Å². The van der Waals surface area contributed by atoms with Crippen molar-refractivity contribution < 1.29 is 9.63 Å². The zero-order valence-electron chi connectivity index (χ0n) is 8.21. The predicted octanol–water partition coefficient (Wildman–Crippen LogP) is 1.44. The van der Waals surface area contributed by atoms with Gasteiger partial charge in [0.2, 0.25) is 5.91 Å². The molecule has 1 aliphatic rings. The highest BCUT2D eigenvalue weighted by Gasteiger charge is 2.23. The minimum atomic E-state index is 0.0469. The SMILES string of the molecule is CC(C)CONC(=O)C1CCSC1. The van der Waals surface area contributed by atoms with Gasteiger partial charge in [-0.3, -0.25) is 9.63 Å². The highest BCUT2D eigenvalue weighted by atomic mass is 32.2. The van der Waals surface area contributed by atoms with Gasteiger partial charge in [-0.2, -0.15) is 11.8 Å². The normalized spacial score (nSPS) is 22.2. The van der Waals surface area contributed by atoms with E-state index in [2.05, 4.69) is 19.3 Å². The molecule has 0 bridgehead atoms. The van der Waals surface area contributed by atoms with Crippen LogP contribution < -0.4 is 5.48 Å². The van der Waals surface area contributed by atoms with E-state index >= 15 is 0 Å². The minimum Gasteiger partial charge on any atom is -0.273 e. The summed E-state index contributed by atoms with van der Waals surface area (Å²) in [4.78, 5) is 16.4. The Bertz CT molecular complexity index is 167. The van der Waals surface area contributed by atoms with Gasteiger partial charge in [-0.15, -0.1) is 0 Å². The van der Waals surface area contributed by atoms with Crippen LogP contribution in [-0.2, 0) is 9.63 Å². The van der Waals surface area contributed by atoms with Crippen LogP contribution >= 0.6 is 11.8 Å². The van der Waals surface area contributed by atoms with Crippen molar-refractivity contribution >= 4 is 17.7 Å². The van der Waals surface area contributed by atoms with Crippen LogP contribution in [0.2, 0.25) is 0 Å². The lowest BCUT2D eigenvalue weighted by atomic mass is 10.1. The van der Waals surface area contributed by atoms with Gasteiger partial charge < -0.3 is 0 Å². The van der Waals surface area contributed by atoms with Crippen LogP contribution in [0.4, 0.5) is 0 Å². The number of thioether (sulfide) groups is 1. The van der Waals surface area contributed by atoms with Crippen molar-refractivity contribution in [2.45, 2.75) is 20.3 Å². The monoisotopic (exact) mass is 203 g/mol. The summed E-state index contributed by atoms with van der Waals surface area (Å²) in [5, 5.41) is 0. The van der Waals surface area contributed by atoms with Gasteiger partial charge >= 0.3 is 0 Å². The van der Waals surface area contributed by atoms with E-state index in [-0.39, 0.29) is 11.8 Å². The Morgan fingerprint density at radius 2 is 2.46 bits per heavy atom. The molecule has 1 aliphatic heterocycles. The molecule has 0 radical (unpaired) electrons. The van der Waals surface area contributed by atoms with E-state index in [1.807, 2.05) is 11.8 Å². The molecule has 1 atom stereocenters. The molecule has 0 aromatic carbocycles. The molecule has 76 valence electrons. The van der Waals surface area contributed by atoms with Gasteiger partial charge in [-0.1, -0.05) is 13.8 Å². The van der Waals surface area contributed by atoms with E-state index in [4.69, 9.17) is 4.84 Å². The van der Waals surface area contributed by atoms with E-state index in [0.717, 1.165) is 17.9 Å². The first kappa shape index (κ1) is 10.9. The third-order valence-corrected chi connectivity index (χ3v) is 3.05. The molecule has 1 saturated heterocycles. The minimum absolute atomic E-state index is 0.0469. The number of carbonyl (C=O) groups excluding carboxylic acids is 1. The maximum atomic E-state index is 11.4. The van der Waals surface area contributed by atoms with E-state index in [9.17, 15) is 4.79 Å². The summed E-state index contributed by atoms with van der Waals surface area (Å²) >= 11 is 1.83. The number of hydrogen-bond acceptors (Lipinski definition) is 3. The largest absolute Gasteiger partial charge is 0.273 e. The average Bonchev–Trinajstić information content (AvgIpc) is 2.55. The van der Waals surface area contributed by atoms with E-state index in [1.165, 1.54) is 0 Å². The van der Waals surface area contributed by atoms with Gasteiger partial charge in [0, 0.05) is 11.7 Å². The molecule has 1 heterocycles. The summed E-state index contributed by atoms with van der Waals surface area (Å²) in [6.07, 6.45) is 0.988. The fourth-order valence-corrected chi connectivity index (χ4v) is 2.32. The maximum absolute atomic E-state index is 11.4. The second-order valence-electron chi connectivity index (χ2n) is 3.73. The van der Waals surface area contributed by atoms with Gasteiger partial charge in [-0.05, 0) is 18.1 Å². The molecule has 1 amide bonds. The highest BCUT2D eigenvalue weighted by Crippen LogP contribution is 2.23. The molecule has 0 aliphatic carbocycles. The number of hydrogen-bond donors (Lipinski definition) is 1. The molecular weight excluding hydrogens is 186 g/mol. The Kier molecular flexibility index (Phi) is 4.59. The molecular formula is C9H17NO2S. The van der Waals surface area contributed by atoms with Crippen LogP contribution in [0.5, 0.6) is 0 Å². The summed E-state index contributed by atoms with van der Waals surface area (Å²) in [6.45, 7) is 4.70. The lowest BCUT2D eigenvalue weighted by molar-refractivity contribution is -0.137. The lowest BCUT2D eigenvalue weighted by Crippen LogP contribution is -2.31. The zero-order chi connectivity index (χ0) is 9.68. The van der Waals surface area contributed by atoms with E-state index < -0.39 is 0 Å². The quantitative estimate of drug-likeness (QED) is 0.703. The third-order valence-electron chi connectivity index (χ3n) is 1.89.